The molecule has 240 valence electrons. The van der Waals surface area contributed by atoms with Crippen LogP contribution in [0, 0.1) is 0 Å². The molecule has 4 N–H and O–H groups in total. The fraction of sp³-hybridized carbons (Fsp3) is 0.400. The van der Waals surface area contributed by atoms with Crippen molar-refractivity contribution in [1.82, 2.24) is 15.5 Å². The molecule has 10 heteroatoms. The molecule has 0 atom stereocenters. The standard InChI is InChI=1S/C35H45N5O5/c1-4-26(5-2)38-35(43)39-28-14-19-32(31(24-28)34(42)36-3)45-30-17-12-27(13-18-30)37-33(41)25-10-15-29(16-11-25)44-23-9-22-40-20-7-6-8-21-40/h10-19,24,26H,4-9,20-23H2,1-3H3,(H,36,42)(H,37,41)(H2,38,39,43). The maximum absolute atomic E-state index is 12.8. The monoisotopic (exact) mass is 615 g/mol. The van der Waals surface area contributed by atoms with Crippen LogP contribution in [0.25, 0.3) is 0 Å². The lowest BCUT2D eigenvalue weighted by Gasteiger charge is -2.26. The van der Waals surface area contributed by atoms with Crippen molar-refractivity contribution >= 4 is 29.2 Å². The van der Waals surface area contributed by atoms with E-state index in [1.807, 2.05) is 26.0 Å². The Bertz CT molecular complexity index is 1400. The third-order valence-corrected chi connectivity index (χ3v) is 7.82. The molecule has 0 bridgehead atoms. The molecule has 0 radical (unpaired) electrons. The Kier molecular flexibility index (Phi) is 12.6. The Labute approximate surface area is 265 Å². The van der Waals surface area contributed by atoms with Crippen molar-refractivity contribution in [2.45, 2.75) is 58.4 Å². The Morgan fingerprint density at radius 1 is 0.800 bits per heavy atom. The summed E-state index contributed by atoms with van der Waals surface area (Å²) in [7, 11) is 1.53. The summed E-state index contributed by atoms with van der Waals surface area (Å²) in [6.07, 6.45) is 6.54. The molecule has 45 heavy (non-hydrogen) atoms. The van der Waals surface area contributed by atoms with Crippen molar-refractivity contribution in [3.05, 3.63) is 77.9 Å². The summed E-state index contributed by atoms with van der Waals surface area (Å²) < 4.78 is 11.9. The van der Waals surface area contributed by atoms with Gasteiger partial charge >= 0.3 is 6.03 Å². The first-order chi connectivity index (χ1) is 21.9. The summed E-state index contributed by atoms with van der Waals surface area (Å²) in [6.45, 7) is 8.10. The van der Waals surface area contributed by atoms with Gasteiger partial charge < -0.3 is 35.6 Å². The number of anilines is 2. The van der Waals surface area contributed by atoms with E-state index in [9.17, 15) is 14.4 Å². The lowest BCUT2D eigenvalue weighted by molar-refractivity contribution is 0.0959. The molecule has 4 amide bonds. The minimum absolute atomic E-state index is 0.0721. The second-order valence-electron chi connectivity index (χ2n) is 11.1. The van der Waals surface area contributed by atoms with Gasteiger partial charge in [0.05, 0.1) is 12.2 Å². The van der Waals surface area contributed by atoms with Crippen LogP contribution in [0.15, 0.2) is 66.7 Å². The predicted octanol–water partition coefficient (Wildman–Crippen LogP) is 6.66. The summed E-state index contributed by atoms with van der Waals surface area (Å²) >= 11 is 0. The third kappa shape index (κ3) is 10.2. The van der Waals surface area contributed by atoms with Gasteiger partial charge in [-0.1, -0.05) is 20.3 Å². The molecule has 10 nitrogen and oxygen atoms in total. The summed E-state index contributed by atoms with van der Waals surface area (Å²) in [5.74, 6) is 0.958. The lowest BCUT2D eigenvalue weighted by atomic mass is 10.1. The zero-order chi connectivity index (χ0) is 32.0. The Morgan fingerprint density at radius 2 is 1.47 bits per heavy atom. The van der Waals surface area contributed by atoms with Gasteiger partial charge in [-0.2, -0.15) is 0 Å². The molecule has 4 rings (SSSR count). The normalized spacial score (nSPS) is 13.2. The molecular weight excluding hydrogens is 570 g/mol. The van der Waals surface area contributed by atoms with Crippen LogP contribution in [-0.2, 0) is 0 Å². The predicted molar refractivity (Wildman–Crippen MR) is 178 cm³/mol. The number of nitrogens with one attached hydrogen (secondary N) is 4. The fourth-order valence-corrected chi connectivity index (χ4v) is 5.15. The molecule has 1 aliphatic rings. The molecule has 3 aromatic rings. The first-order valence-electron chi connectivity index (χ1n) is 15.9. The van der Waals surface area contributed by atoms with E-state index in [0.717, 1.165) is 31.6 Å². The first kappa shape index (κ1) is 33.3. The highest BCUT2D eigenvalue weighted by Gasteiger charge is 2.16. The van der Waals surface area contributed by atoms with Gasteiger partial charge in [0.25, 0.3) is 11.8 Å². The molecule has 0 saturated carbocycles. The van der Waals surface area contributed by atoms with E-state index in [-0.39, 0.29) is 29.5 Å². The van der Waals surface area contributed by atoms with Crippen LogP contribution in [-0.4, -0.2) is 62.1 Å². The van der Waals surface area contributed by atoms with E-state index >= 15 is 0 Å². The van der Waals surface area contributed by atoms with Crippen LogP contribution in [0.3, 0.4) is 0 Å². The Hall–Kier alpha value is -4.57. The zero-order valence-electron chi connectivity index (χ0n) is 26.5. The number of ether oxygens (including phenoxy) is 2. The maximum Gasteiger partial charge on any atom is 0.319 e. The molecule has 1 heterocycles. The molecule has 1 aliphatic heterocycles. The van der Waals surface area contributed by atoms with Crippen molar-refractivity contribution in [3.63, 3.8) is 0 Å². The summed E-state index contributed by atoms with van der Waals surface area (Å²) in [5.41, 5.74) is 1.85. The van der Waals surface area contributed by atoms with Crippen molar-refractivity contribution < 1.29 is 23.9 Å². The van der Waals surface area contributed by atoms with Crippen LogP contribution in [0.4, 0.5) is 16.2 Å². The van der Waals surface area contributed by atoms with E-state index in [4.69, 9.17) is 9.47 Å². The summed E-state index contributed by atoms with van der Waals surface area (Å²) in [5, 5.41) is 11.2. The lowest BCUT2D eigenvalue weighted by Crippen LogP contribution is -2.37. The van der Waals surface area contributed by atoms with Crippen LogP contribution >= 0.6 is 0 Å². The largest absolute Gasteiger partial charge is 0.494 e. The minimum Gasteiger partial charge on any atom is -0.494 e. The Balaban J connectivity index is 1.29. The third-order valence-electron chi connectivity index (χ3n) is 7.82. The number of carbonyl (C=O) groups is 3. The number of rotatable bonds is 14. The van der Waals surface area contributed by atoms with Gasteiger partial charge in [-0.25, -0.2) is 4.79 Å². The van der Waals surface area contributed by atoms with E-state index in [1.54, 1.807) is 54.6 Å². The molecule has 1 saturated heterocycles. The smallest absolute Gasteiger partial charge is 0.319 e. The van der Waals surface area contributed by atoms with E-state index in [2.05, 4.69) is 26.2 Å². The number of piperidine rings is 1. The summed E-state index contributed by atoms with van der Waals surface area (Å²) in [4.78, 5) is 40.3. The van der Waals surface area contributed by atoms with Gasteiger partial charge in [0, 0.05) is 36.6 Å². The number of hydrogen-bond donors (Lipinski definition) is 4. The van der Waals surface area contributed by atoms with Crippen molar-refractivity contribution in [1.29, 1.82) is 0 Å². The van der Waals surface area contributed by atoms with Gasteiger partial charge in [0.1, 0.15) is 17.2 Å². The van der Waals surface area contributed by atoms with E-state index < -0.39 is 0 Å². The zero-order valence-corrected chi connectivity index (χ0v) is 26.5. The topological polar surface area (TPSA) is 121 Å². The van der Waals surface area contributed by atoms with Gasteiger partial charge in [-0.3, -0.25) is 9.59 Å². The fourth-order valence-electron chi connectivity index (χ4n) is 5.15. The van der Waals surface area contributed by atoms with Crippen LogP contribution in [0.5, 0.6) is 17.2 Å². The van der Waals surface area contributed by atoms with E-state index in [1.165, 1.54) is 39.4 Å². The molecular formula is C35H45N5O5. The number of benzene rings is 3. The van der Waals surface area contributed by atoms with Gasteiger partial charge in [-0.05, 0) is 112 Å². The molecule has 3 aromatic carbocycles. The average molecular weight is 616 g/mol. The minimum atomic E-state index is -0.355. The maximum atomic E-state index is 12.8. The number of hydrogen-bond acceptors (Lipinski definition) is 6. The van der Waals surface area contributed by atoms with Crippen LogP contribution in [0.1, 0.15) is 73.1 Å². The SMILES string of the molecule is CCC(CC)NC(=O)Nc1ccc(Oc2ccc(NC(=O)c3ccc(OCCCN4CCCCC4)cc3)cc2)c(C(=O)NC)c1. The van der Waals surface area contributed by atoms with E-state index in [0.29, 0.717) is 35.0 Å². The second kappa shape index (κ2) is 17.1. The Morgan fingerprint density at radius 3 is 2.13 bits per heavy atom. The second-order valence-corrected chi connectivity index (χ2v) is 11.1. The van der Waals surface area contributed by atoms with Gasteiger partial charge in [-0.15, -0.1) is 0 Å². The van der Waals surface area contributed by atoms with Crippen LogP contribution in [0.2, 0.25) is 0 Å². The highest BCUT2D eigenvalue weighted by Crippen LogP contribution is 2.29. The molecule has 0 spiro atoms. The number of urea groups is 1. The molecule has 0 aromatic heterocycles. The van der Waals surface area contributed by atoms with Gasteiger partial charge in [0.2, 0.25) is 0 Å². The highest BCUT2D eigenvalue weighted by molar-refractivity contribution is 6.04. The number of likely N-dealkylation sites (tertiary alicyclic amines) is 1. The summed E-state index contributed by atoms with van der Waals surface area (Å²) in [6, 6.07) is 18.6. The number of nitrogens with zero attached hydrogens (tertiary/aromatic N) is 1. The highest BCUT2D eigenvalue weighted by atomic mass is 16.5. The van der Waals surface area contributed by atoms with Crippen molar-refractivity contribution in [2.75, 3.05) is 43.9 Å². The number of carbonyl (C=O) groups excluding carboxylic acids is 3. The van der Waals surface area contributed by atoms with Crippen molar-refractivity contribution in [2.24, 2.45) is 0 Å². The molecule has 1 fully saturated rings. The average Bonchev–Trinajstić information content (AvgIpc) is 3.07. The van der Waals surface area contributed by atoms with Crippen molar-refractivity contribution in [3.8, 4) is 17.2 Å². The first-order valence-corrected chi connectivity index (χ1v) is 15.9. The number of amides is 4. The van der Waals surface area contributed by atoms with Gasteiger partial charge in [0.15, 0.2) is 0 Å². The molecule has 0 aliphatic carbocycles. The molecule has 0 unspecified atom stereocenters. The quantitative estimate of drug-likeness (QED) is 0.151. The van der Waals surface area contributed by atoms with Crippen LogP contribution < -0.4 is 30.7 Å².